The number of tetrazole rings is 1. The Balaban J connectivity index is 1.68. The molecule has 0 bridgehead atoms. The van der Waals surface area contributed by atoms with Gasteiger partial charge in [-0.1, -0.05) is 62.4 Å². The summed E-state index contributed by atoms with van der Waals surface area (Å²) < 4.78 is 7.01. The molecule has 0 aliphatic rings. The van der Waals surface area contributed by atoms with E-state index in [1.807, 2.05) is 35.9 Å². The molecule has 2 heterocycles. The first-order chi connectivity index (χ1) is 15.7. The third-order valence-electron chi connectivity index (χ3n) is 5.44. The van der Waals surface area contributed by atoms with E-state index in [1.165, 1.54) is 7.11 Å². The van der Waals surface area contributed by atoms with Crippen LogP contribution in [-0.4, -0.2) is 43.5 Å². The van der Waals surface area contributed by atoms with Gasteiger partial charge in [0.25, 0.3) is 0 Å². The van der Waals surface area contributed by atoms with Crippen LogP contribution < -0.4 is 0 Å². The zero-order valence-corrected chi connectivity index (χ0v) is 18.5. The Morgan fingerprint density at radius 3 is 2.44 bits per heavy atom. The summed E-state index contributed by atoms with van der Waals surface area (Å²) in [5, 5.41) is 19.1. The summed E-state index contributed by atoms with van der Waals surface area (Å²) in [6, 6.07) is 16.3. The lowest BCUT2D eigenvalue weighted by atomic mass is 9.97. The smallest absolute Gasteiger partial charge is 0.341 e. The van der Waals surface area contributed by atoms with Crippen LogP contribution >= 0.6 is 0 Å². The fourth-order valence-electron chi connectivity index (χ4n) is 3.91. The second-order valence-electron chi connectivity index (χ2n) is 7.49. The monoisotopic (exact) mass is 430 g/mol. The lowest BCUT2D eigenvalue weighted by molar-refractivity contribution is 0.0598. The topological polar surface area (TPSA) is 98.6 Å². The molecule has 8 nitrogen and oxygen atoms in total. The van der Waals surface area contributed by atoms with Crippen LogP contribution in [0.1, 0.15) is 47.6 Å². The van der Waals surface area contributed by atoms with E-state index >= 15 is 0 Å². The van der Waals surface area contributed by atoms with Crippen molar-refractivity contribution in [2.75, 3.05) is 7.11 Å². The van der Waals surface area contributed by atoms with Gasteiger partial charge in [0.2, 0.25) is 5.82 Å². The van der Waals surface area contributed by atoms with Crippen LogP contribution in [0.3, 0.4) is 0 Å². The summed E-state index contributed by atoms with van der Waals surface area (Å²) in [4.78, 5) is 12.5. The molecule has 1 N–H and O–H groups in total. The number of aromatic amines is 1. The molecule has 0 amide bonds. The summed E-state index contributed by atoms with van der Waals surface area (Å²) in [6.45, 7) is 4.87. The number of hydrogen-bond donors (Lipinski definition) is 1. The molecule has 32 heavy (non-hydrogen) atoms. The molecular formula is C24H26N6O2. The molecular weight excluding hydrogens is 404 g/mol. The van der Waals surface area contributed by atoms with Crippen LogP contribution in [0.15, 0.2) is 48.5 Å². The van der Waals surface area contributed by atoms with Gasteiger partial charge in [0.15, 0.2) is 0 Å². The number of carbonyl (C=O) groups excluding carboxylic acids is 1. The lowest BCUT2D eigenvalue weighted by Gasteiger charge is -2.10. The molecule has 2 aromatic carbocycles. The van der Waals surface area contributed by atoms with Gasteiger partial charge in [-0.15, -0.1) is 10.2 Å². The molecule has 0 fully saturated rings. The summed E-state index contributed by atoms with van der Waals surface area (Å²) in [7, 11) is 1.42. The minimum atomic E-state index is -0.329. The summed E-state index contributed by atoms with van der Waals surface area (Å²) >= 11 is 0. The minimum Gasteiger partial charge on any atom is -0.465 e. The van der Waals surface area contributed by atoms with Crippen LogP contribution in [-0.2, 0) is 24.1 Å². The molecule has 0 radical (unpaired) electrons. The molecule has 4 aromatic rings. The third kappa shape index (κ3) is 4.16. The van der Waals surface area contributed by atoms with Gasteiger partial charge in [-0.25, -0.2) is 4.79 Å². The zero-order chi connectivity index (χ0) is 22.5. The summed E-state index contributed by atoms with van der Waals surface area (Å²) in [6.07, 6.45) is 2.22. The Morgan fingerprint density at radius 2 is 1.81 bits per heavy atom. The van der Waals surface area contributed by atoms with Crippen molar-refractivity contribution in [3.05, 3.63) is 71.0 Å². The molecule has 0 saturated heterocycles. The Bertz CT molecular complexity index is 1200. The van der Waals surface area contributed by atoms with E-state index < -0.39 is 0 Å². The van der Waals surface area contributed by atoms with Gasteiger partial charge in [-0.05, 0) is 34.7 Å². The van der Waals surface area contributed by atoms with Crippen molar-refractivity contribution in [1.29, 1.82) is 0 Å². The first-order valence-electron chi connectivity index (χ1n) is 10.7. The average molecular weight is 431 g/mol. The number of nitrogens with one attached hydrogen (secondary N) is 1. The van der Waals surface area contributed by atoms with Gasteiger partial charge in [0, 0.05) is 18.5 Å². The normalized spacial score (nSPS) is 11.0. The van der Waals surface area contributed by atoms with E-state index in [-0.39, 0.29) is 5.97 Å². The molecule has 0 spiro atoms. The number of H-pyrrole nitrogens is 1. The molecule has 0 atom stereocenters. The predicted molar refractivity (Wildman–Crippen MR) is 121 cm³/mol. The first-order valence-corrected chi connectivity index (χ1v) is 10.7. The minimum absolute atomic E-state index is 0.329. The van der Waals surface area contributed by atoms with Crippen LogP contribution in [0.5, 0.6) is 0 Å². The Hall–Kier alpha value is -3.81. The highest BCUT2D eigenvalue weighted by Crippen LogP contribution is 2.30. The number of carbonyl (C=O) groups is 1. The number of benzene rings is 2. The van der Waals surface area contributed by atoms with Crippen molar-refractivity contribution >= 4 is 5.97 Å². The van der Waals surface area contributed by atoms with Crippen LogP contribution in [0.4, 0.5) is 0 Å². The third-order valence-corrected chi connectivity index (χ3v) is 5.44. The molecule has 0 unspecified atom stereocenters. The fourth-order valence-corrected chi connectivity index (χ4v) is 3.91. The van der Waals surface area contributed by atoms with Gasteiger partial charge < -0.3 is 4.74 Å². The molecule has 164 valence electrons. The number of methoxy groups -OCH3 is 1. The number of esters is 1. The predicted octanol–water partition coefficient (Wildman–Crippen LogP) is 4.08. The summed E-state index contributed by atoms with van der Waals surface area (Å²) in [5.41, 5.74) is 6.36. The number of ether oxygens (including phenoxy) is 1. The van der Waals surface area contributed by atoms with Gasteiger partial charge in [0.05, 0.1) is 18.5 Å². The maximum absolute atomic E-state index is 12.5. The zero-order valence-electron chi connectivity index (χ0n) is 18.5. The summed E-state index contributed by atoms with van der Waals surface area (Å²) in [5.74, 6) is 0.229. The lowest BCUT2D eigenvalue weighted by Crippen LogP contribution is -2.10. The van der Waals surface area contributed by atoms with Gasteiger partial charge in [-0.3, -0.25) is 4.68 Å². The molecule has 4 rings (SSSR count). The van der Waals surface area contributed by atoms with Gasteiger partial charge in [-0.2, -0.15) is 10.3 Å². The number of rotatable bonds is 8. The van der Waals surface area contributed by atoms with Gasteiger partial charge >= 0.3 is 5.97 Å². The Morgan fingerprint density at radius 1 is 1.06 bits per heavy atom. The van der Waals surface area contributed by atoms with Crippen molar-refractivity contribution in [3.8, 4) is 22.5 Å². The molecule has 0 saturated carbocycles. The number of aryl methyl sites for hydroxylation is 2. The molecule has 0 aliphatic carbocycles. The quantitative estimate of drug-likeness (QED) is 0.423. The number of nitrogens with zero attached hydrogens (tertiary/aromatic N) is 5. The van der Waals surface area contributed by atoms with E-state index in [4.69, 9.17) is 4.74 Å². The van der Waals surface area contributed by atoms with Gasteiger partial charge in [0.1, 0.15) is 5.56 Å². The highest BCUT2D eigenvalue weighted by molar-refractivity contribution is 5.92. The van der Waals surface area contributed by atoms with E-state index in [9.17, 15) is 4.79 Å². The SMILES string of the molecule is CCCn1nc(CC)c(C(=O)OC)c1Cc1ccc(-c2ccccc2-c2nn[nH]n2)cc1. The molecule has 2 aromatic heterocycles. The molecule has 8 heteroatoms. The van der Waals surface area contributed by atoms with E-state index in [0.29, 0.717) is 24.2 Å². The van der Waals surface area contributed by atoms with Crippen LogP contribution in [0.25, 0.3) is 22.5 Å². The van der Waals surface area contributed by atoms with Crippen molar-refractivity contribution in [2.45, 2.75) is 39.7 Å². The highest BCUT2D eigenvalue weighted by atomic mass is 16.5. The fraction of sp³-hybridized carbons (Fsp3) is 0.292. The average Bonchev–Trinajstić information content (AvgIpc) is 3.48. The first kappa shape index (κ1) is 21.4. The highest BCUT2D eigenvalue weighted by Gasteiger charge is 2.23. The molecule has 0 aliphatic heterocycles. The van der Waals surface area contributed by atoms with Crippen molar-refractivity contribution in [1.82, 2.24) is 30.4 Å². The number of aromatic nitrogens is 6. The maximum atomic E-state index is 12.5. The number of hydrogen-bond acceptors (Lipinski definition) is 6. The second kappa shape index (κ2) is 9.55. The second-order valence-corrected chi connectivity index (χ2v) is 7.49. The van der Waals surface area contributed by atoms with Crippen LogP contribution in [0.2, 0.25) is 0 Å². The Labute approximate surface area is 186 Å². The van der Waals surface area contributed by atoms with E-state index in [1.54, 1.807) is 0 Å². The maximum Gasteiger partial charge on any atom is 0.341 e. The van der Waals surface area contributed by atoms with Crippen molar-refractivity contribution in [2.24, 2.45) is 0 Å². The van der Waals surface area contributed by atoms with E-state index in [2.05, 4.69) is 56.9 Å². The standard InChI is InChI=1S/C24H26N6O2/c1-4-14-30-21(22(24(31)32-3)20(5-2)27-30)15-16-10-12-17(13-11-16)18-8-6-7-9-19(18)23-25-28-29-26-23/h6-13H,4-5,14-15H2,1-3H3,(H,25,26,28,29). The van der Waals surface area contributed by atoms with Crippen molar-refractivity contribution < 1.29 is 9.53 Å². The van der Waals surface area contributed by atoms with E-state index in [0.717, 1.165) is 46.6 Å². The van der Waals surface area contributed by atoms with Crippen molar-refractivity contribution in [3.63, 3.8) is 0 Å². The largest absolute Gasteiger partial charge is 0.465 e. The Kier molecular flexibility index (Phi) is 6.39. The van der Waals surface area contributed by atoms with Crippen LogP contribution in [0, 0.1) is 0 Å².